The third-order valence-electron chi connectivity index (χ3n) is 7.16. The summed E-state index contributed by atoms with van der Waals surface area (Å²) in [5, 5.41) is 1.08. The summed E-state index contributed by atoms with van der Waals surface area (Å²) < 4.78 is 0.646. The number of thiocarbonyl (C=S) groups is 1. The minimum atomic E-state index is 0.00929. The van der Waals surface area contributed by atoms with Gasteiger partial charge in [0.15, 0.2) is 0 Å². The number of nitrogens with zero attached hydrogens (tertiary/aromatic N) is 3. The molecule has 0 radical (unpaired) electrons. The van der Waals surface area contributed by atoms with Crippen LogP contribution >= 0.6 is 24.0 Å². The van der Waals surface area contributed by atoms with Crippen LogP contribution in [0.4, 0.5) is 5.82 Å². The Morgan fingerprint density at radius 3 is 2.57 bits per heavy atom. The highest BCUT2D eigenvalue weighted by atomic mass is 32.2. The van der Waals surface area contributed by atoms with Gasteiger partial charge in [0.25, 0.3) is 5.91 Å². The first-order valence-corrected chi connectivity index (χ1v) is 13.7. The lowest BCUT2D eigenvalue weighted by atomic mass is 9.90. The summed E-state index contributed by atoms with van der Waals surface area (Å²) in [7, 11) is 0. The molecule has 3 heterocycles. The summed E-state index contributed by atoms with van der Waals surface area (Å²) >= 11 is 6.96. The van der Waals surface area contributed by atoms with Gasteiger partial charge in [-0.1, -0.05) is 79.4 Å². The average Bonchev–Trinajstić information content (AvgIpc) is 3.16. The number of pyridine rings is 1. The van der Waals surface area contributed by atoms with Crippen molar-refractivity contribution in [2.75, 3.05) is 18.0 Å². The van der Waals surface area contributed by atoms with Crippen molar-refractivity contribution < 1.29 is 4.79 Å². The molecule has 2 fully saturated rings. The van der Waals surface area contributed by atoms with Crippen molar-refractivity contribution in [1.82, 2.24) is 9.88 Å². The molecule has 0 aliphatic carbocycles. The highest BCUT2D eigenvalue weighted by molar-refractivity contribution is 8.26. The first-order valence-electron chi connectivity index (χ1n) is 12.5. The van der Waals surface area contributed by atoms with E-state index in [9.17, 15) is 4.79 Å². The van der Waals surface area contributed by atoms with Crippen LogP contribution in [0.5, 0.6) is 0 Å². The van der Waals surface area contributed by atoms with E-state index in [2.05, 4.69) is 67.3 Å². The number of thioether (sulfide) groups is 1. The molecule has 1 unspecified atom stereocenters. The number of hydrogen-bond acceptors (Lipinski definition) is 5. The third-order valence-corrected chi connectivity index (χ3v) is 8.49. The number of fused-ring (bicyclic) bond motifs is 1. The van der Waals surface area contributed by atoms with Gasteiger partial charge in [0, 0.05) is 30.1 Å². The van der Waals surface area contributed by atoms with Gasteiger partial charge in [-0.15, -0.1) is 0 Å². The van der Waals surface area contributed by atoms with Crippen LogP contribution in [-0.4, -0.2) is 39.2 Å². The van der Waals surface area contributed by atoms with Gasteiger partial charge in [0.2, 0.25) is 0 Å². The number of amides is 1. The van der Waals surface area contributed by atoms with Crippen molar-refractivity contribution in [2.24, 2.45) is 5.92 Å². The predicted octanol–water partition coefficient (Wildman–Crippen LogP) is 6.69. The first-order chi connectivity index (χ1) is 17.0. The second-order valence-electron chi connectivity index (χ2n) is 9.52. The first kappa shape index (κ1) is 24.0. The molecule has 2 aliphatic rings. The van der Waals surface area contributed by atoms with Gasteiger partial charge < -0.3 is 4.90 Å². The Morgan fingerprint density at radius 2 is 1.83 bits per heavy atom. The maximum Gasteiger partial charge on any atom is 0.266 e. The Balaban J connectivity index is 1.42. The highest BCUT2D eigenvalue weighted by Gasteiger charge is 2.35. The van der Waals surface area contributed by atoms with Crippen LogP contribution < -0.4 is 4.90 Å². The molecule has 2 saturated heterocycles. The molecule has 0 N–H and O–H groups in total. The van der Waals surface area contributed by atoms with Crippen molar-refractivity contribution in [3.05, 3.63) is 76.7 Å². The molecular formula is C29H31N3OS2. The minimum absolute atomic E-state index is 0.00929. The lowest BCUT2D eigenvalue weighted by Gasteiger charge is -2.34. The fourth-order valence-corrected chi connectivity index (χ4v) is 6.41. The molecule has 0 spiro atoms. The normalized spacial score (nSPS) is 19.2. The molecule has 0 saturated carbocycles. The molecule has 5 rings (SSSR count). The molecule has 0 bridgehead atoms. The maximum absolute atomic E-state index is 13.2. The van der Waals surface area contributed by atoms with E-state index in [4.69, 9.17) is 17.2 Å². The van der Waals surface area contributed by atoms with Crippen LogP contribution in [0.1, 0.15) is 44.2 Å². The van der Waals surface area contributed by atoms with Gasteiger partial charge in [0.05, 0.1) is 10.4 Å². The van der Waals surface area contributed by atoms with Crippen LogP contribution in [0.2, 0.25) is 0 Å². The monoisotopic (exact) mass is 501 g/mol. The van der Waals surface area contributed by atoms with E-state index in [0.29, 0.717) is 15.1 Å². The summed E-state index contributed by atoms with van der Waals surface area (Å²) in [5.41, 5.74) is 3.40. The van der Waals surface area contributed by atoms with Crippen molar-refractivity contribution in [1.29, 1.82) is 0 Å². The topological polar surface area (TPSA) is 36.4 Å². The van der Waals surface area contributed by atoms with E-state index in [1.165, 1.54) is 17.3 Å². The summed E-state index contributed by atoms with van der Waals surface area (Å²) in [4.78, 5) is 23.1. The predicted molar refractivity (Wildman–Crippen MR) is 152 cm³/mol. The number of benzene rings is 2. The molecule has 1 amide bonds. The fourth-order valence-electron chi connectivity index (χ4n) is 4.96. The Kier molecular flexibility index (Phi) is 7.21. The molecule has 6 heteroatoms. The summed E-state index contributed by atoms with van der Waals surface area (Å²) in [6.45, 7) is 6.07. The Labute approximate surface area is 217 Å². The molecular weight excluding hydrogens is 470 g/mol. The molecule has 3 aromatic rings. The molecule has 1 aromatic heterocycles. The van der Waals surface area contributed by atoms with Crippen LogP contribution in [0, 0.1) is 5.92 Å². The largest absolute Gasteiger partial charge is 0.356 e. The molecule has 4 nitrogen and oxygen atoms in total. The maximum atomic E-state index is 13.2. The summed E-state index contributed by atoms with van der Waals surface area (Å²) in [5.74, 6) is 1.66. The molecule has 35 heavy (non-hydrogen) atoms. The van der Waals surface area contributed by atoms with Crippen molar-refractivity contribution >= 4 is 57.0 Å². The van der Waals surface area contributed by atoms with Gasteiger partial charge in [-0.3, -0.25) is 9.69 Å². The van der Waals surface area contributed by atoms with Crippen LogP contribution in [0.15, 0.2) is 65.6 Å². The van der Waals surface area contributed by atoms with Gasteiger partial charge in [-0.2, -0.15) is 0 Å². The van der Waals surface area contributed by atoms with Crippen molar-refractivity contribution in [3.63, 3.8) is 0 Å². The fraction of sp³-hybridized carbons (Fsp3) is 0.345. The quantitative estimate of drug-likeness (QED) is 0.278. The van der Waals surface area contributed by atoms with Crippen LogP contribution in [-0.2, 0) is 11.2 Å². The summed E-state index contributed by atoms with van der Waals surface area (Å²) in [6, 6.07) is 21.3. The molecule has 1 atom stereocenters. The average molecular weight is 502 g/mol. The second-order valence-corrected chi connectivity index (χ2v) is 11.2. The number of aromatic nitrogens is 1. The Morgan fingerprint density at radius 1 is 1.11 bits per heavy atom. The SMILES string of the molecule is CCC(C)N1C(=O)/C(=C/c2cc3ccccc3nc2N2CCC(Cc3ccccc3)CC2)SC1=S. The molecule has 180 valence electrons. The van der Waals surface area contributed by atoms with Crippen LogP contribution in [0.3, 0.4) is 0 Å². The number of hydrogen-bond donors (Lipinski definition) is 0. The number of rotatable bonds is 6. The number of piperidine rings is 1. The number of anilines is 1. The van der Waals surface area contributed by atoms with Crippen molar-refractivity contribution in [2.45, 2.75) is 45.6 Å². The van der Waals surface area contributed by atoms with E-state index in [0.717, 1.165) is 61.1 Å². The van der Waals surface area contributed by atoms with Gasteiger partial charge in [-0.05, 0) is 62.3 Å². The Hall–Kier alpha value is -2.70. The zero-order valence-corrected chi connectivity index (χ0v) is 21.9. The minimum Gasteiger partial charge on any atom is -0.356 e. The second kappa shape index (κ2) is 10.5. The number of carbonyl (C=O) groups excluding carboxylic acids is 1. The molecule has 2 aromatic carbocycles. The lowest BCUT2D eigenvalue weighted by molar-refractivity contribution is -0.123. The zero-order chi connectivity index (χ0) is 24.4. The van der Waals surface area contributed by atoms with E-state index >= 15 is 0 Å². The number of carbonyl (C=O) groups is 1. The van der Waals surface area contributed by atoms with Gasteiger partial charge in [-0.25, -0.2) is 4.98 Å². The lowest BCUT2D eigenvalue weighted by Crippen LogP contribution is -2.36. The van der Waals surface area contributed by atoms with Crippen molar-refractivity contribution in [3.8, 4) is 0 Å². The summed E-state index contributed by atoms with van der Waals surface area (Å²) in [6.07, 6.45) is 6.29. The molecule has 2 aliphatic heterocycles. The van der Waals surface area contributed by atoms with E-state index < -0.39 is 0 Å². The standard InChI is InChI=1S/C29H31N3OS2/c1-3-20(2)32-28(33)26(35-29(32)34)19-24-18-23-11-7-8-12-25(23)30-27(24)31-15-13-22(14-16-31)17-21-9-5-4-6-10-21/h4-12,18-20,22H,3,13-17H2,1-2H3/b26-19-. The van der Waals surface area contributed by atoms with E-state index in [1.54, 1.807) is 4.90 Å². The van der Waals surface area contributed by atoms with Crippen LogP contribution in [0.25, 0.3) is 17.0 Å². The van der Waals surface area contributed by atoms with E-state index in [1.807, 2.05) is 18.2 Å². The smallest absolute Gasteiger partial charge is 0.266 e. The Bertz CT molecular complexity index is 1270. The zero-order valence-electron chi connectivity index (χ0n) is 20.3. The van der Waals surface area contributed by atoms with Gasteiger partial charge >= 0.3 is 0 Å². The van der Waals surface area contributed by atoms with E-state index in [-0.39, 0.29) is 11.9 Å². The number of para-hydroxylation sites is 1. The highest BCUT2D eigenvalue weighted by Crippen LogP contribution is 2.37. The van der Waals surface area contributed by atoms with Gasteiger partial charge in [0.1, 0.15) is 10.1 Å². The third kappa shape index (κ3) is 5.14.